The van der Waals surface area contributed by atoms with E-state index in [1.807, 2.05) is 0 Å². The fourth-order valence-electron chi connectivity index (χ4n) is 6.53. The maximum absolute atomic E-state index is 13.8. The molecule has 6 aromatic rings. The molecule has 2 N–H and O–H groups in total. The van der Waals surface area contributed by atoms with Gasteiger partial charge >= 0.3 is 12.4 Å². The van der Waals surface area contributed by atoms with E-state index in [2.05, 4.69) is 20.4 Å². The number of aliphatic hydroxyl groups excluding tert-OH is 2. The van der Waals surface area contributed by atoms with Crippen LogP contribution in [0.15, 0.2) is 95.5 Å². The van der Waals surface area contributed by atoms with Gasteiger partial charge in [0, 0.05) is 60.1 Å². The number of alkyl halides is 6. The standard InChI is InChI=1S/2C18H15F4N5O4S/c2*19-14-4-2-1-3-13(14)16(28)17(29)25-6-11-7-27(24-15(11)9-25)32(30,31)12-5-23-26(8-12)10-18(20,21)22/h2*1-5,7-8,16,28H,6,9-10H2/t2*16-/m10/s1. The first-order valence-electron chi connectivity index (χ1n) is 18.2. The summed E-state index contributed by atoms with van der Waals surface area (Å²) in [5.74, 6) is -3.05. The highest BCUT2D eigenvalue weighted by molar-refractivity contribution is 7.90. The van der Waals surface area contributed by atoms with Crippen LogP contribution in [0.4, 0.5) is 35.1 Å². The van der Waals surface area contributed by atoms with E-state index in [0.717, 1.165) is 49.3 Å². The zero-order chi connectivity index (χ0) is 46.5. The minimum Gasteiger partial charge on any atom is -0.378 e. The number of nitrogens with zero attached hydrogens (tertiary/aromatic N) is 10. The summed E-state index contributed by atoms with van der Waals surface area (Å²) in [6, 6.07) is 10.5. The Morgan fingerprint density at radius 1 is 0.594 bits per heavy atom. The van der Waals surface area contributed by atoms with Gasteiger partial charge in [-0.3, -0.25) is 19.0 Å². The lowest BCUT2D eigenvalue weighted by atomic mass is 10.1. The Labute approximate surface area is 355 Å². The third-order valence-corrected chi connectivity index (χ3v) is 12.6. The van der Waals surface area contributed by atoms with Crippen LogP contribution in [-0.2, 0) is 68.9 Å². The minimum atomic E-state index is -4.57. The predicted molar refractivity (Wildman–Crippen MR) is 197 cm³/mol. The average molecular weight is 947 g/mol. The average Bonchev–Trinajstić information content (AvgIpc) is 4.06. The number of amides is 2. The fraction of sp³-hybridized carbons (Fsp3) is 0.278. The maximum atomic E-state index is 13.8. The number of rotatable bonds is 10. The summed E-state index contributed by atoms with van der Waals surface area (Å²) in [6.45, 7) is -3.31. The number of hydrogen-bond acceptors (Lipinski definition) is 12. The largest absolute Gasteiger partial charge is 0.408 e. The molecule has 6 heterocycles. The van der Waals surface area contributed by atoms with Crippen molar-refractivity contribution in [1.82, 2.24) is 47.7 Å². The quantitative estimate of drug-likeness (QED) is 0.189. The van der Waals surface area contributed by atoms with Crippen LogP contribution < -0.4 is 0 Å². The highest BCUT2D eigenvalue weighted by Crippen LogP contribution is 2.30. The van der Waals surface area contributed by atoms with Crippen molar-refractivity contribution >= 4 is 31.9 Å². The summed E-state index contributed by atoms with van der Waals surface area (Å²) in [5, 5.41) is 35.1. The number of carbonyl (C=O) groups is 2. The van der Waals surface area contributed by atoms with Gasteiger partial charge in [-0.1, -0.05) is 36.4 Å². The van der Waals surface area contributed by atoms with Crippen molar-refractivity contribution in [3.8, 4) is 0 Å². The smallest absolute Gasteiger partial charge is 0.378 e. The van der Waals surface area contributed by atoms with Crippen LogP contribution >= 0.6 is 0 Å². The Morgan fingerprint density at radius 2 is 0.953 bits per heavy atom. The lowest BCUT2D eigenvalue weighted by Gasteiger charge is -2.20. The second-order valence-electron chi connectivity index (χ2n) is 14.2. The molecule has 2 aromatic carbocycles. The van der Waals surface area contributed by atoms with Crippen LogP contribution in [0.25, 0.3) is 0 Å². The highest BCUT2D eigenvalue weighted by Gasteiger charge is 2.36. The van der Waals surface area contributed by atoms with Crippen LogP contribution in [0.1, 0.15) is 45.8 Å². The molecule has 0 unspecified atom stereocenters. The van der Waals surface area contributed by atoms with E-state index in [1.165, 1.54) is 46.2 Å². The van der Waals surface area contributed by atoms with Crippen molar-refractivity contribution in [3.63, 3.8) is 0 Å². The molecule has 0 saturated heterocycles. The Kier molecular flexibility index (Phi) is 12.0. The summed E-state index contributed by atoms with van der Waals surface area (Å²) in [5.41, 5.74) is 0.808. The van der Waals surface area contributed by atoms with Crippen molar-refractivity contribution in [1.29, 1.82) is 0 Å². The van der Waals surface area contributed by atoms with Crippen molar-refractivity contribution in [2.75, 3.05) is 0 Å². The summed E-state index contributed by atoms with van der Waals surface area (Å²) in [6.07, 6.45) is -7.28. The van der Waals surface area contributed by atoms with Gasteiger partial charge in [-0.25, -0.2) is 8.78 Å². The molecule has 0 bridgehead atoms. The van der Waals surface area contributed by atoms with Crippen LogP contribution in [0.2, 0.25) is 0 Å². The molecule has 340 valence electrons. The molecule has 2 atom stereocenters. The number of halogens is 8. The molecule has 0 radical (unpaired) electrons. The van der Waals surface area contributed by atoms with E-state index in [1.54, 1.807) is 0 Å². The van der Waals surface area contributed by atoms with Crippen molar-refractivity contribution in [2.45, 2.75) is 73.6 Å². The van der Waals surface area contributed by atoms with Gasteiger partial charge in [0.15, 0.2) is 12.2 Å². The molecule has 18 nitrogen and oxygen atoms in total. The van der Waals surface area contributed by atoms with Crippen molar-refractivity contribution in [3.05, 3.63) is 131 Å². The Bertz CT molecular complexity index is 2720. The number of carbonyl (C=O) groups excluding carboxylic acids is 2. The van der Waals surface area contributed by atoms with Gasteiger partial charge in [0.05, 0.1) is 36.9 Å². The van der Waals surface area contributed by atoms with E-state index in [9.17, 15) is 71.8 Å². The second kappa shape index (κ2) is 16.9. The minimum absolute atomic E-state index is 0.0808. The van der Waals surface area contributed by atoms with Gasteiger partial charge in [0.25, 0.3) is 31.9 Å². The van der Waals surface area contributed by atoms with Gasteiger partial charge in [-0.15, -0.1) is 0 Å². The number of fused-ring (bicyclic) bond motifs is 2. The van der Waals surface area contributed by atoms with Crippen LogP contribution in [0.5, 0.6) is 0 Å². The number of hydrogen-bond donors (Lipinski definition) is 2. The SMILES string of the molecule is O=C([C@@H](O)c1ccccc1F)N1Cc2cn(S(=O)(=O)c3cnn(CC(F)(F)F)c3)nc2C1.O=C([C@H](O)c1ccccc1F)N1Cc2cn(S(=O)(=O)c3cnn(CC(F)(F)F)c3)nc2C1. The van der Waals surface area contributed by atoms with E-state index < -0.39 is 90.9 Å². The van der Waals surface area contributed by atoms with E-state index >= 15 is 0 Å². The van der Waals surface area contributed by atoms with Crippen molar-refractivity contribution in [2.24, 2.45) is 0 Å². The van der Waals surface area contributed by atoms with Gasteiger partial charge in [-0.05, 0) is 12.1 Å². The molecule has 0 fully saturated rings. The fourth-order valence-corrected chi connectivity index (χ4v) is 8.78. The van der Waals surface area contributed by atoms with Gasteiger partial charge in [0.1, 0.15) is 34.5 Å². The van der Waals surface area contributed by atoms with Crippen LogP contribution in [0.3, 0.4) is 0 Å². The predicted octanol–water partition coefficient (Wildman–Crippen LogP) is 3.19. The second-order valence-corrected chi connectivity index (χ2v) is 17.8. The molecule has 64 heavy (non-hydrogen) atoms. The van der Waals surface area contributed by atoms with Crippen LogP contribution in [-0.4, -0.2) is 98.9 Å². The molecule has 8 rings (SSSR count). The molecular weight excluding hydrogens is 917 g/mol. The number of aromatic nitrogens is 8. The molecule has 0 spiro atoms. The first-order chi connectivity index (χ1) is 29.9. The molecule has 2 aliphatic heterocycles. The third kappa shape index (κ3) is 9.53. The number of benzene rings is 2. The Balaban J connectivity index is 0.000000191. The zero-order valence-electron chi connectivity index (χ0n) is 32.1. The first kappa shape index (κ1) is 45.5. The summed E-state index contributed by atoms with van der Waals surface area (Å²) in [4.78, 5) is 26.5. The summed E-state index contributed by atoms with van der Waals surface area (Å²) < 4.78 is 155. The topological polar surface area (TPSA) is 221 Å². The molecule has 4 aromatic heterocycles. The van der Waals surface area contributed by atoms with E-state index in [-0.39, 0.29) is 48.7 Å². The Hall–Kier alpha value is -6.52. The van der Waals surface area contributed by atoms with Gasteiger partial charge in [-0.2, -0.15) is 71.7 Å². The third-order valence-electron chi connectivity index (χ3n) is 9.60. The molecule has 28 heteroatoms. The highest BCUT2D eigenvalue weighted by atomic mass is 32.2. The summed E-state index contributed by atoms with van der Waals surface area (Å²) >= 11 is 0. The molecular formula is C36H30F8N10O8S2. The molecule has 2 amide bonds. The first-order valence-corrected chi connectivity index (χ1v) is 21.1. The van der Waals surface area contributed by atoms with Gasteiger partial charge in [0.2, 0.25) is 0 Å². The van der Waals surface area contributed by atoms with Gasteiger partial charge < -0.3 is 20.0 Å². The monoisotopic (exact) mass is 946 g/mol. The zero-order valence-corrected chi connectivity index (χ0v) is 33.8. The molecule has 0 saturated carbocycles. The van der Waals surface area contributed by atoms with E-state index in [0.29, 0.717) is 28.7 Å². The van der Waals surface area contributed by atoms with E-state index in [4.69, 9.17) is 0 Å². The lowest BCUT2D eigenvalue weighted by Crippen LogP contribution is -2.31. The maximum Gasteiger partial charge on any atom is 0.408 e. The van der Waals surface area contributed by atoms with Crippen LogP contribution in [0, 0.1) is 11.6 Å². The van der Waals surface area contributed by atoms with Crippen molar-refractivity contribution < 1.29 is 71.8 Å². The normalized spacial score (nSPS) is 15.1. The Morgan fingerprint density at radius 3 is 1.28 bits per heavy atom. The number of aliphatic hydroxyl groups is 2. The molecule has 0 aliphatic carbocycles. The molecule has 2 aliphatic rings. The summed E-state index contributed by atoms with van der Waals surface area (Å²) in [7, 11) is -8.60. The lowest BCUT2D eigenvalue weighted by molar-refractivity contribution is -0.143.